The monoisotopic (exact) mass is 318 g/mol. The molecule has 1 atom stereocenters. The van der Waals surface area contributed by atoms with Crippen LogP contribution in [0.5, 0.6) is 0 Å². The standard InChI is InChI=1S/C18H26N2O3/c1-18(2,3)23-17(22)20-12-8-9-14(13-20)16(21)19(4)15-10-6-5-7-11-15/h5-7,10-11,14H,8-9,12-13H2,1-4H3/t14-/m1/s1. The maximum absolute atomic E-state index is 12.7. The van der Waals surface area contributed by atoms with E-state index in [2.05, 4.69) is 0 Å². The molecule has 5 heteroatoms. The van der Waals surface area contributed by atoms with Crippen LogP contribution in [0.3, 0.4) is 0 Å². The Hall–Kier alpha value is -2.04. The van der Waals surface area contributed by atoms with Crippen molar-refractivity contribution in [1.29, 1.82) is 0 Å². The van der Waals surface area contributed by atoms with Gasteiger partial charge in [0.2, 0.25) is 5.91 Å². The van der Waals surface area contributed by atoms with Crippen LogP contribution in [0.25, 0.3) is 0 Å². The van der Waals surface area contributed by atoms with Gasteiger partial charge in [0.25, 0.3) is 0 Å². The average molecular weight is 318 g/mol. The number of benzene rings is 1. The van der Waals surface area contributed by atoms with E-state index in [4.69, 9.17) is 4.74 Å². The fourth-order valence-corrected chi connectivity index (χ4v) is 2.72. The molecule has 0 unspecified atom stereocenters. The normalized spacial score (nSPS) is 18.4. The van der Waals surface area contributed by atoms with Crippen molar-refractivity contribution < 1.29 is 14.3 Å². The highest BCUT2D eigenvalue weighted by Gasteiger charge is 2.32. The highest BCUT2D eigenvalue weighted by Crippen LogP contribution is 2.23. The van der Waals surface area contributed by atoms with Gasteiger partial charge in [0.1, 0.15) is 5.60 Å². The summed E-state index contributed by atoms with van der Waals surface area (Å²) in [7, 11) is 1.78. The first-order valence-electron chi connectivity index (χ1n) is 8.08. The zero-order chi connectivity index (χ0) is 17.0. The molecule has 5 nitrogen and oxygen atoms in total. The molecule has 1 aromatic rings. The maximum atomic E-state index is 12.7. The summed E-state index contributed by atoms with van der Waals surface area (Å²) in [5.41, 5.74) is 0.349. The van der Waals surface area contributed by atoms with Gasteiger partial charge in [-0.1, -0.05) is 18.2 Å². The number of piperidine rings is 1. The molecule has 0 aromatic heterocycles. The molecule has 0 spiro atoms. The van der Waals surface area contributed by atoms with Crippen molar-refractivity contribution in [1.82, 2.24) is 4.90 Å². The number of para-hydroxylation sites is 1. The SMILES string of the molecule is CN(C(=O)[C@@H]1CCCN(C(=O)OC(C)(C)C)C1)c1ccccc1. The Kier molecular flexibility index (Phi) is 5.29. The molecule has 126 valence electrons. The van der Waals surface area contributed by atoms with Crippen molar-refractivity contribution in [3.05, 3.63) is 30.3 Å². The molecule has 0 aliphatic carbocycles. The second-order valence-electron chi connectivity index (χ2n) is 7.00. The summed E-state index contributed by atoms with van der Waals surface area (Å²) in [4.78, 5) is 28.2. The van der Waals surface area contributed by atoms with Crippen LogP contribution in [0, 0.1) is 5.92 Å². The van der Waals surface area contributed by atoms with Crippen molar-refractivity contribution in [2.45, 2.75) is 39.2 Å². The molecule has 1 fully saturated rings. The van der Waals surface area contributed by atoms with Gasteiger partial charge in [-0.2, -0.15) is 0 Å². The van der Waals surface area contributed by atoms with E-state index in [9.17, 15) is 9.59 Å². The number of carbonyl (C=O) groups is 2. The molecule has 1 heterocycles. The van der Waals surface area contributed by atoms with Crippen molar-refractivity contribution in [2.75, 3.05) is 25.0 Å². The lowest BCUT2D eigenvalue weighted by atomic mass is 9.96. The van der Waals surface area contributed by atoms with Gasteiger partial charge in [-0.15, -0.1) is 0 Å². The fraction of sp³-hybridized carbons (Fsp3) is 0.556. The predicted octanol–water partition coefficient (Wildman–Crippen LogP) is 3.30. The van der Waals surface area contributed by atoms with E-state index in [-0.39, 0.29) is 17.9 Å². The van der Waals surface area contributed by atoms with Crippen LogP contribution >= 0.6 is 0 Å². The Morgan fingerprint density at radius 1 is 1.22 bits per heavy atom. The number of anilines is 1. The topological polar surface area (TPSA) is 49.9 Å². The van der Waals surface area contributed by atoms with Gasteiger partial charge in [-0.25, -0.2) is 4.79 Å². The third-order valence-corrected chi connectivity index (χ3v) is 3.90. The van der Waals surface area contributed by atoms with Gasteiger partial charge in [0, 0.05) is 25.8 Å². The number of hydrogen-bond donors (Lipinski definition) is 0. The first kappa shape index (κ1) is 17.3. The Balaban J connectivity index is 2.00. The van der Waals surface area contributed by atoms with Crippen LogP contribution in [0.15, 0.2) is 30.3 Å². The van der Waals surface area contributed by atoms with E-state index in [1.54, 1.807) is 16.8 Å². The van der Waals surface area contributed by atoms with E-state index in [0.717, 1.165) is 18.5 Å². The van der Waals surface area contributed by atoms with Gasteiger partial charge in [0.15, 0.2) is 0 Å². The molecule has 1 aliphatic heterocycles. The Bertz CT molecular complexity index is 551. The van der Waals surface area contributed by atoms with Crippen molar-refractivity contribution >= 4 is 17.7 Å². The molecule has 1 aromatic carbocycles. The molecule has 2 rings (SSSR count). The first-order chi connectivity index (χ1) is 10.8. The minimum Gasteiger partial charge on any atom is -0.444 e. The molecule has 0 radical (unpaired) electrons. The lowest BCUT2D eigenvalue weighted by molar-refractivity contribution is -0.123. The minimum atomic E-state index is -0.519. The Labute approximate surface area is 138 Å². The lowest BCUT2D eigenvalue weighted by Gasteiger charge is -2.35. The van der Waals surface area contributed by atoms with Gasteiger partial charge < -0.3 is 14.5 Å². The summed E-state index contributed by atoms with van der Waals surface area (Å²) in [6, 6.07) is 9.56. The lowest BCUT2D eigenvalue weighted by Crippen LogP contribution is -2.47. The third kappa shape index (κ3) is 4.71. The smallest absolute Gasteiger partial charge is 0.410 e. The Morgan fingerprint density at radius 3 is 2.48 bits per heavy atom. The molecule has 0 saturated carbocycles. The number of carbonyl (C=O) groups excluding carboxylic acids is 2. The number of nitrogens with zero attached hydrogens (tertiary/aromatic N) is 2. The quantitative estimate of drug-likeness (QED) is 0.840. The van der Waals surface area contributed by atoms with Gasteiger partial charge >= 0.3 is 6.09 Å². The predicted molar refractivity (Wildman–Crippen MR) is 90.4 cm³/mol. The largest absolute Gasteiger partial charge is 0.444 e. The number of hydrogen-bond acceptors (Lipinski definition) is 3. The first-order valence-corrected chi connectivity index (χ1v) is 8.08. The summed E-state index contributed by atoms with van der Waals surface area (Å²) in [6.45, 7) is 6.61. The third-order valence-electron chi connectivity index (χ3n) is 3.90. The van der Waals surface area contributed by atoms with E-state index >= 15 is 0 Å². The Morgan fingerprint density at radius 2 is 1.87 bits per heavy atom. The number of ether oxygens (including phenoxy) is 1. The van der Waals surface area contributed by atoms with E-state index in [0.29, 0.717) is 13.1 Å². The van der Waals surface area contributed by atoms with Gasteiger partial charge in [-0.05, 0) is 45.7 Å². The molecule has 1 saturated heterocycles. The van der Waals surface area contributed by atoms with Crippen molar-refractivity contribution in [3.63, 3.8) is 0 Å². The highest BCUT2D eigenvalue weighted by molar-refractivity contribution is 5.94. The molecule has 1 aliphatic rings. The van der Waals surface area contributed by atoms with Crippen LogP contribution in [-0.2, 0) is 9.53 Å². The second kappa shape index (κ2) is 7.02. The zero-order valence-corrected chi connectivity index (χ0v) is 14.4. The van der Waals surface area contributed by atoms with Crippen LogP contribution in [0.2, 0.25) is 0 Å². The second-order valence-corrected chi connectivity index (χ2v) is 7.00. The summed E-state index contributed by atoms with van der Waals surface area (Å²) in [5.74, 6) is -0.133. The van der Waals surface area contributed by atoms with E-state index in [1.165, 1.54) is 0 Å². The van der Waals surface area contributed by atoms with E-state index < -0.39 is 5.60 Å². The molecule has 0 N–H and O–H groups in total. The minimum absolute atomic E-state index is 0.0458. The van der Waals surface area contributed by atoms with Crippen LogP contribution in [-0.4, -0.2) is 42.6 Å². The van der Waals surface area contributed by atoms with Crippen LogP contribution in [0.4, 0.5) is 10.5 Å². The summed E-state index contributed by atoms with van der Waals surface area (Å²) < 4.78 is 5.41. The van der Waals surface area contributed by atoms with Gasteiger partial charge in [0.05, 0.1) is 5.92 Å². The summed E-state index contributed by atoms with van der Waals surface area (Å²) >= 11 is 0. The maximum Gasteiger partial charge on any atom is 0.410 e. The number of rotatable bonds is 2. The number of amides is 2. The van der Waals surface area contributed by atoms with Crippen LogP contribution < -0.4 is 4.90 Å². The van der Waals surface area contributed by atoms with Crippen molar-refractivity contribution in [2.24, 2.45) is 5.92 Å². The van der Waals surface area contributed by atoms with Crippen molar-refractivity contribution in [3.8, 4) is 0 Å². The molecule has 23 heavy (non-hydrogen) atoms. The van der Waals surface area contributed by atoms with Crippen LogP contribution in [0.1, 0.15) is 33.6 Å². The molecular formula is C18H26N2O3. The molecule has 2 amide bonds. The highest BCUT2D eigenvalue weighted by atomic mass is 16.6. The fourth-order valence-electron chi connectivity index (χ4n) is 2.72. The molecule has 0 bridgehead atoms. The van der Waals surface area contributed by atoms with E-state index in [1.807, 2.05) is 51.1 Å². The van der Waals surface area contributed by atoms with Gasteiger partial charge in [-0.3, -0.25) is 4.79 Å². The number of likely N-dealkylation sites (tertiary alicyclic amines) is 1. The molecular weight excluding hydrogens is 292 g/mol. The summed E-state index contributed by atoms with van der Waals surface area (Å²) in [5, 5.41) is 0. The zero-order valence-electron chi connectivity index (χ0n) is 14.4. The average Bonchev–Trinajstić information content (AvgIpc) is 2.53. The summed E-state index contributed by atoms with van der Waals surface area (Å²) in [6.07, 6.45) is 1.28.